The zero-order valence-corrected chi connectivity index (χ0v) is 13.8. The van der Waals surface area contributed by atoms with Crippen molar-refractivity contribution in [1.82, 2.24) is 10.2 Å². The molecule has 1 aromatic carbocycles. The van der Waals surface area contributed by atoms with E-state index in [4.69, 9.17) is 0 Å². The third-order valence-electron chi connectivity index (χ3n) is 5.28. The first kappa shape index (κ1) is 16.3. The number of β-amino-alcohol motifs (C(OH)–C–C–N with tert-alkyl or cyclic N) is 1. The van der Waals surface area contributed by atoms with Gasteiger partial charge in [0, 0.05) is 12.6 Å². The second-order valence-electron chi connectivity index (χ2n) is 7.06. The van der Waals surface area contributed by atoms with Gasteiger partial charge in [-0.25, -0.2) is 4.79 Å². The van der Waals surface area contributed by atoms with Gasteiger partial charge in [-0.3, -0.25) is 0 Å². The number of carbonyl (C=O) groups is 1. The van der Waals surface area contributed by atoms with Crippen LogP contribution in [0.2, 0.25) is 0 Å². The van der Waals surface area contributed by atoms with Gasteiger partial charge in [0.25, 0.3) is 0 Å². The summed E-state index contributed by atoms with van der Waals surface area (Å²) in [6, 6.07) is 9.98. The van der Waals surface area contributed by atoms with Gasteiger partial charge in [0.15, 0.2) is 0 Å². The maximum Gasteiger partial charge on any atom is 0.317 e. The second kappa shape index (κ2) is 7.35. The SMILES string of the molecule is O=C(NC1CCCCCCC1)N1CC[C@](O)(c2ccccc2)C1. The van der Waals surface area contributed by atoms with Crippen LogP contribution in [0.25, 0.3) is 0 Å². The maximum absolute atomic E-state index is 12.5. The Labute approximate surface area is 138 Å². The van der Waals surface area contributed by atoms with Crippen molar-refractivity contribution in [3.8, 4) is 0 Å². The lowest BCUT2D eigenvalue weighted by Gasteiger charge is -2.26. The first-order valence-corrected chi connectivity index (χ1v) is 9.01. The molecule has 0 aromatic heterocycles. The Balaban J connectivity index is 1.56. The van der Waals surface area contributed by atoms with E-state index in [0.29, 0.717) is 25.6 Å². The lowest BCUT2D eigenvalue weighted by atomic mass is 9.93. The van der Waals surface area contributed by atoms with Crippen LogP contribution in [0.5, 0.6) is 0 Å². The van der Waals surface area contributed by atoms with Crippen LogP contribution >= 0.6 is 0 Å². The highest BCUT2D eigenvalue weighted by Crippen LogP contribution is 2.31. The normalized spacial score (nSPS) is 26.6. The van der Waals surface area contributed by atoms with Crippen molar-refractivity contribution in [3.63, 3.8) is 0 Å². The minimum Gasteiger partial charge on any atom is -0.383 e. The Morgan fingerprint density at radius 2 is 1.74 bits per heavy atom. The number of hydrogen-bond donors (Lipinski definition) is 2. The monoisotopic (exact) mass is 316 g/mol. The van der Waals surface area contributed by atoms with E-state index in [1.54, 1.807) is 4.90 Å². The third kappa shape index (κ3) is 4.05. The van der Waals surface area contributed by atoms with Crippen LogP contribution in [-0.2, 0) is 5.60 Å². The number of aliphatic hydroxyl groups is 1. The molecule has 1 heterocycles. The lowest BCUT2D eigenvalue weighted by Crippen LogP contribution is -2.45. The summed E-state index contributed by atoms with van der Waals surface area (Å²) >= 11 is 0. The molecule has 126 valence electrons. The number of nitrogens with zero attached hydrogens (tertiary/aromatic N) is 1. The van der Waals surface area contributed by atoms with Crippen molar-refractivity contribution in [2.24, 2.45) is 0 Å². The highest BCUT2D eigenvalue weighted by atomic mass is 16.3. The number of nitrogens with one attached hydrogen (secondary N) is 1. The summed E-state index contributed by atoms with van der Waals surface area (Å²) in [5.74, 6) is 0. The van der Waals surface area contributed by atoms with Gasteiger partial charge < -0.3 is 15.3 Å². The van der Waals surface area contributed by atoms with Crippen LogP contribution in [0.3, 0.4) is 0 Å². The first-order valence-electron chi connectivity index (χ1n) is 9.01. The van der Waals surface area contributed by atoms with E-state index < -0.39 is 5.60 Å². The number of amides is 2. The fraction of sp³-hybridized carbons (Fsp3) is 0.632. The van der Waals surface area contributed by atoms with Gasteiger partial charge in [-0.1, -0.05) is 62.4 Å². The molecule has 2 aliphatic rings. The average Bonchev–Trinajstić information content (AvgIpc) is 2.95. The molecule has 1 saturated heterocycles. The van der Waals surface area contributed by atoms with E-state index >= 15 is 0 Å². The second-order valence-corrected chi connectivity index (χ2v) is 7.06. The number of carbonyl (C=O) groups excluding carboxylic acids is 1. The molecule has 1 aliphatic heterocycles. The number of benzene rings is 1. The molecule has 1 saturated carbocycles. The van der Waals surface area contributed by atoms with E-state index in [2.05, 4.69) is 5.32 Å². The average molecular weight is 316 g/mol. The Hall–Kier alpha value is -1.55. The van der Waals surface area contributed by atoms with Crippen molar-refractivity contribution in [3.05, 3.63) is 35.9 Å². The molecule has 1 atom stereocenters. The third-order valence-corrected chi connectivity index (χ3v) is 5.28. The lowest BCUT2D eigenvalue weighted by molar-refractivity contribution is 0.0492. The fourth-order valence-electron chi connectivity index (χ4n) is 3.82. The van der Waals surface area contributed by atoms with Crippen LogP contribution in [0.15, 0.2) is 30.3 Å². The van der Waals surface area contributed by atoms with Gasteiger partial charge in [0.05, 0.1) is 6.54 Å². The molecule has 0 spiro atoms. The number of likely N-dealkylation sites (tertiary alicyclic amines) is 1. The molecule has 4 nitrogen and oxygen atoms in total. The zero-order chi connectivity index (χ0) is 16.1. The molecule has 2 fully saturated rings. The highest BCUT2D eigenvalue weighted by Gasteiger charge is 2.39. The molecule has 4 heteroatoms. The molecule has 1 aromatic rings. The summed E-state index contributed by atoms with van der Waals surface area (Å²) in [5.41, 5.74) is 0.000699. The molecule has 23 heavy (non-hydrogen) atoms. The van der Waals surface area contributed by atoms with Crippen LogP contribution in [0, 0.1) is 0 Å². The molecule has 0 radical (unpaired) electrons. The van der Waals surface area contributed by atoms with Crippen LogP contribution in [0.1, 0.15) is 56.9 Å². The predicted octanol–water partition coefficient (Wildman–Crippen LogP) is 3.40. The Morgan fingerprint density at radius 1 is 1.09 bits per heavy atom. The summed E-state index contributed by atoms with van der Waals surface area (Å²) in [5, 5.41) is 14.0. The van der Waals surface area contributed by atoms with E-state index in [1.165, 1.54) is 32.1 Å². The fourth-order valence-corrected chi connectivity index (χ4v) is 3.82. The Morgan fingerprint density at radius 3 is 2.43 bits per heavy atom. The highest BCUT2D eigenvalue weighted by molar-refractivity contribution is 5.75. The van der Waals surface area contributed by atoms with Gasteiger partial charge in [-0.15, -0.1) is 0 Å². The van der Waals surface area contributed by atoms with E-state index in [9.17, 15) is 9.90 Å². The first-order chi connectivity index (χ1) is 11.2. The van der Waals surface area contributed by atoms with Crippen molar-refractivity contribution in [2.45, 2.75) is 63.0 Å². The van der Waals surface area contributed by atoms with E-state index in [-0.39, 0.29) is 6.03 Å². The largest absolute Gasteiger partial charge is 0.383 e. The summed E-state index contributed by atoms with van der Waals surface area (Å²) in [6.07, 6.45) is 9.09. The Kier molecular flexibility index (Phi) is 5.21. The minimum absolute atomic E-state index is 0.0116. The van der Waals surface area contributed by atoms with Crippen molar-refractivity contribution in [1.29, 1.82) is 0 Å². The van der Waals surface area contributed by atoms with E-state index in [0.717, 1.165) is 18.4 Å². The summed E-state index contributed by atoms with van der Waals surface area (Å²) in [6.45, 7) is 1.000. The Bertz CT molecular complexity index is 511. The number of hydrogen-bond acceptors (Lipinski definition) is 2. The van der Waals surface area contributed by atoms with Gasteiger partial charge in [0.1, 0.15) is 5.60 Å². The number of rotatable bonds is 2. The standard InChI is InChI=1S/C19H28N2O2/c22-18(20-17-11-7-2-1-3-8-12-17)21-14-13-19(23,15-21)16-9-5-4-6-10-16/h4-6,9-10,17,23H,1-3,7-8,11-15H2,(H,20,22)/t19-/m1/s1. The minimum atomic E-state index is -0.903. The maximum atomic E-state index is 12.5. The van der Waals surface area contributed by atoms with Crippen molar-refractivity contribution >= 4 is 6.03 Å². The topological polar surface area (TPSA) is 52.6 Å². The van der Waals surface area contributed by atoms with Gasteiger partial charge in [-0.05, 0) is 24.8 Å². The molecule has 2 N–H and O–H groups in total. The smallest absolute Gasteiger partial charge is 0.317 e. The predicted molar refractivity (Wildman–Crippen MR) is 91.2 cm³/mol. The summed E-state index contributed by atoms with van der Waals surface area (Å²) < 4.78 is 0. The summed E-state index contributed by atoms with van der Waals surface area (Å²) in [7, 11) is 0. The van der Waals surface area contributed by atoms with Gasteiger partial charge in [-0.2, -0.15) is 0 Å². The number of urea groups is 1. The molecule has 2 amide bonds. The van der Waals surface area contributed by atoms with Crippen LogP contribution < -0.4 is 5.32 Å². The molecular formula is C19H28N2O2. The summed E-state index contributed by atoms with van der Waals surface area (Å²) in [4.78, 5) is 14.3. The van der Waals surface area contributed by atoms with E-state index in [1.807, 2.05) is 30.3 Å². The molecule has 0 bridgehead atoms. The molecule has 3 rings (SSSR count). The van der Waals surface area contributed by atoms with Crippen molar-refractivity contribution in [2.75, 3.05) is 13.1 Å². The molecule has 0 unspecified atom stereocenters. The van der Waals surface area contributed by atoms with Crippen LogP contribution in [-0.4, -0.2) is 35.2 Å². The van der Waals surface area contributed by atoms with Crippen molar-refractivity contribution < 1.29 is 9.90 Å². The quantitative estimate of drug-likeness (QED) is 0.878. The van der Waals surface area contributed by atoms with Gasteiger partial charge >= 0.3 is 6.03 Å². The molecule has 1 aliphatic carbocycles. The van der Waals surface area contributed by atoms with Crippen LogP contribution in [0.4, 0.5) is 4.79 Å². The zero-order valence-electron chi connectivity index (χ0n) is 13.8. The van der Waals surface area contributed by atoms with Gasteiger partial charge in [0.2, 0.25) is 0 Å². The molecular weight excluding hydrogens is 288 g/mol.